The Bertz CT molecular complexity index is 688. The molecule has 0 unspecified atom stereocenters. The number of carbonyl (C=O) groups is 2. The lowest BCUT2D eigenvalue weighted by Gasteiger charge is -2.34. The molecule has 0 atom stereocenters. The monoisotopic (exact) mass is 389 g/mol. The highest BCUT2D eigenvalue weighted by Gasteiger charge is 2.44. The Hall–Kier alpha value is -1.75. The quantitative estimate of drug-likeness (QED) is 0.857. The van der Waals surface area contributed by atoms with Crippen LogP contribution in [0.2, 0.25) is 5.02 Å². The van der Waals surface area contributed by atoms with Gasteiger partial charge in [-0.05, 0) is 56.2 Å². The topological polar surface area (TPSA) is 52.7 Å². The lowest BCUT2D eigenvalue weighted by atomic mass is 9.93. The molecule has 3 aliphatic rings. The van der Waals surface area contributed by atoms with Gasteiger partial charge in [0.15, 0.2) is 0 Å². The van der Waals surface area contributed by atoms with Crippen LogP contribution in [0.1, 0.15) is 44.1 Å². The molecule has 0 bridgehead atoms. The molecule has 1 N–H and O–H groups in total. The maximum absolute atomic E-state index is 12.6. The summed E-state index contributed by atoms with van der Waals surface area (Å²) in [6.07, 6.45) is 5.97. The van der Waals surface area contributed by atoms with E-state index < -0.39 is 0 Å². The molecule has 0 radical (unpaired) electrons. The number of carbonyl (C=O) groups excluding carboxylic acids is 2. The normalized spacial score (nSPS) is 22.0. The largest absolute Gasteiger partial charge is 0.355 e. The molecule has 1 aromatic rings. The van der Waals surface area contributed by atoms with Gasteiger partial charge in [0.25, 0.3) is 0 Å². The summed E-state index contributed by atoms with van der Waals surface area (Å²) in [6.45, 7) is 3.84. The average molecular weight is 390 g/mol. The van der Waals surface area contributed by atoms with Crippen molar-refractivity contribution in [2.45, 2.75) is 43.9 Å². The van der Waals surface area contributed by atoms with Crippen molar-refractivity contribution in [3.63, 3.8) is 0 Å². The zero-order chi connectivity index (χ0) is 18.9. The van der Waals surface area contributed by atoms with Crippen LogP contribution in [-0.4, -0.2) is 54.5 Å². The summed E-state index contributed by atoms with van der Waals surface area (Å²) in [5, 5.41) is 3.93. The molecule has 27 heavy (non-hydrogen) atoms. The summed E-state index contributed by atoms with van der Waals surface area (Å²) in [5.41, 5.74) is 1.35. The number of amides is 3. The Labute approximate surface area is 166 Å². The zero-order valence-electron chi connectivity index (χ0n) is 15.8. The Kier molecular flexibility index (Phi) is 5.31. The van der Waals surface area contributed by atoms with Crippen LogP contribution in [0.3, 0.4) is 0 Å². The lowest BCUT2D eigenvalue weighted by Crippen LogP contribution is -2.48. The van der Waals surface area contributed by atoms with Gasteiger partial charge in [0.05, 0.1) is 0 Å². The van der Waals surface area contributed by atoms with E-state index in [1.165, 1.54) is 5.56 Å². The van der Waals surface area contributed by atoms with Gasteiger partial charge >= 0.3 is 6.03 Å². The van der Waals surface area contributed by atoms with Gasteiger partial charge in [0.2, 0.25) is 5.91 Å². The number of benzene rings is 1. The van der Waals surface area contributed by atoms with Gasteiger partial charge in [-0.1, -0.05) is 23.7 Å². The van der Waals surface area contributed by atoms with Crippen LogP contribution in [0.4, 0.5) is 4.79 Å². The van der Waals surface area contributed by atoms with E-state index >= 15 is 0 Å². The van der Waals surface area contributed by atoms with Crippen LogP contribution < -0.4 is 5.32 Å². The molecular weight excluding hydrogens is 362 g/mol. The molecule has 4 rings (SSSR count). The van der Waals surface area contributed by atoms with E-state index in [4.69, 9.17) is 11.6 Å². The first-order valence-electron chi connectivity index (χ1n) is 10.2. The minimum Gasteiger partial charge on any atom is -0.355 e. The highest BCUT2D eigenvalue weighted by Crippen LogP contribution is 2.47. The van der Waals surface area contributed by atoms with Crippen molar-refractivity contribution in [3.8, 4) is 0 Å². The number of rotatable bonds is 4. The number of hydrogen-bond donors (Lipinski definition) is 1. The summed E-state index contributed by atoms with van der Waals surface area (Å²) in [6, 6.07) is 8.15. The molecule has 0 spiro atoms. The number of nitrogens with zero attached hydrogens (tertiary/aromatic N) is 2. The standard InChI is InChI=1S/C21H28ClN3O2/c22-18-5-3-17(4-6-18)21(9-10-21)15-23-19(26)16-7-13-25(14-8-16)20(27)24-11-1-2-12-24/h3-6,16H,1-2,7-15H2,(H,23,26). The van der Waals surface area contributed by atoms with Crippen molar-refractivity contribution in [1.82, 2.24) is 15.1 Å². The summed E-state index contributed by atoms with van der Waals surface area (Å²) < 4.78 is 0. The summed E-state index contributed by atoms with van der Waals surface area (Å²) in [7, 11) is 0. The van der Waals surface area contributed by atoms with Crippen molar-refractivity contribution in [1.29, 1.82) is 0 Å². The number of piperidine rings is 1. The predicted molar refractivity (Wildman–Crippen MR) is 106 cm³/mol. The third-order valence-electron chi connectivity index (χ3n) is 6.42. The van der Waals surface area contributed by atoms with Crippen molar-refractivity contribution < 1.29 is 9.59 Å². The van der Waals surface area contributed by atoms with Gasteiger partial charge in [0.1, 0.15) is 0 Å². The van der Waals surface area contributed by atoms with Gasteiger partial charge in [-0.2, -0.15) is 0 Å². The van der Waals surface area contributed by atoms with Gasteiger partial charge in [-0.3, -0.25) is 4.79 Å². The molecule has 2 aliphatic heterocycles. The first-order chi connectivity index (χ1) is 13.1. The second-order valence-electron chi connectivity index (χ2n) is 8.24. The molecule has 1 aliphatic carbocycles. The fourth-order valence-corrected chi connectivity index (χ4v) is 4.49. The van der Waals surface area contributed by atoms with Gasteiger partial charge in [-0.15, -0.1) is 0 Å². The molecule has 1 saturated carbocycles. The maximum atomic E-state index is 12.6. The molecule has 0 aromatic heterocycles. The maximum Gasteiger partial charge on any atom is 0.319 e. The number of halogens is 1. The minimum absolute atomic E-state index is 0.0219. The second-order valence-corrected chi connectivity index (χ2v) is 8.68. The van der Waals surface area contributed by atoms with Gasteiger partial charge in [-0.25, -0.2) is 4.79 Å². The van der Waals surface area contributed by atoms with Crippen LogP contribution in [0.5, 0.6) is 0 Å². The van der Waals surface area contributed by atoms with Crippen molar-refractivity contribution >= 4 is 23.5 Å². The first kappa shape index (κ1) is 18.6. The van der Waals surface area contributed by atoms with E-state index in [0.717, 1.165) is 56.6 Å². The first-order valence-corrected chi connectivity index (χ1v) is 10.5. The predicted octanol–water partition coefficient (Wildman–Crippen LogP) is 3.42. The van der Waals surface area contributed by atoms with Crippen molar-refractivity contribution in [2.24, 2.45) is 5.92 Å². The van der Waals surface area contributed by atoms with Gasteiger partial charge in [0, 0.05) is 49.1 Å². The van der Waals surface area contributed by atoms with Crippen LogP contribution in [0, 0.1) is 5.92 Å². The van der Waals surface area contributed by atoms with E-state index in [2.05, 4.69) is 17.4 Å². The molecule has 5 nitrogen and oxygen atoms in total. The van der Waals surface area contributed by atoms with Gasteiger partial charge < -0.3 is 15.1 Å². The number of likely N-dealkylation sites (tertiary alicyclic amines) is 2. The van der Waals surface area contributed by atoms with E-state index in [9.17, 15) is 9.59 Å². The van der Waals surface area contributed by atoms with Crippen molar-refractivity contribution in [2.75, 3.05) is 32.7 Å². The zero-order valence-corrected chi connectivity index (χ0v) is 16.5. The van der Waals surface area contributed by atoms with Crippen LogP contribution in [-0.2, 0) is 10.2 Å². The fourth-order valence-electron chi connectivity index (χ4n) is 4.36. The molecule has 3 amide bonds. The third-order valence-corrected chi connectivity index (χ3v) is 6.68. The molecule has 146 valence electrons. The molecule has 2 heterocycles. The molecule has 3 fully saturated rings. The molecular formula is C21H28ClN3O2. The Morgan fingerprint density at radius 1 is 1.00 bits per heavy atom. The highest BCUT2D eigenvalue weighted by molar-refractivity contribution is 6.30. The SMILES string of the molecule is O=C(NCC1(c2ccc(Cl)cc2)CC1)C1CCN(C(=O)N2CCCC2)CC1. The smallest absolute Gasteiger partial charge is 0.319 e. The van der Waals surface area contributed by atoms with Crippen LogP contribution in [0.15, 0.2) is 24.3 Å². The Morgan fingerprint density at radius 2 is 1.59 bits per heavy atom. The summed E-state index contributed by atoms with van der Waals surface area (Å²) in [5.74, 6) is 0.164. The van der Waals surface area contributed by atoms with E-state index in [-0.39, 0.29) is 23.3 Å². The Morgan fingerprint density at radius 3 is 2.19 bits per heavy atom. The highest BCUT2D eigenvalue weighted by atomic mass is 35.5. The van der Waals surface area contributed by atoms with E-state index in [0.29, 0.717) is 19.6 Å². The van der Waals surface area contributed by atoms with Crippen molar-refractivity contribution in [3.05, 3.63) is 34.9 Å². The Balaban J connectivity index is 1.25. The number of urea groups is 1. The minimum atomic E-state index is 0.0219. The molecule has 2 saturated heterocycles. The van der Waals surface area contributed by atoms with Crippen LogP contribution in [0.25, 0.3) is 0 Å². The van der Waals surface area contributed by atoms with E-state index in [1.54, 1.807) is 0 Å². The van der Waals surface area contributed by atoms with E-state index in [1.807, 2.05) is 21.9 Å². The van der Waals surface area contributed by atoms with Crippen LogP contribution >= 0.6 is 11.6 Å². The molecule has 1 aromatic carbocycles. The number of hydrogen-bond acceptors (Lipinski definition) is 2. The lowest BCUT2D eigenvalue weighted by molar-refractivity contribution is -0.126. The fraction of sp³-hybridized carbons (Fsp3) is 0.619. The summed E-state index contributed by atoms with van der Waals surface area (Å²) in [4.78, 5) is 29.0. The summed E-state index contributed by atoms with van der Waals surface area (Å²) >= 11 is 5.99. The second kappa shape index (κ2) is 7.70. The molecule has 6 heteroatoms. The third kappa shape index (κ3) is 4.08. The average Bonchev–Trinajstić information content (AvgIpc) is 3.29. The number of nitrogens with one attached hydrogen (secondary N) is 1.